The summed E-state index contributed by atoms with van der Waals surface area (Å²) in [6.45, 7) is 2.61. The Morgan fingerprint density at radius 1 is 1.31 bits per heavy atom. The largest absolute Gasteiger partial charge is 0.384 e. The summed E-state index contributed by atoms with van der Waals surface area (Å²) in [6, 6.07) is 7.94. The summed E-state index contributed by atoms with van der Waals surface area (Å²) >= 11 is 0. The quantitative estimate of drug-likeness (QED) is 0.441. The van der Waals surface area contributed by atoms with Gasteiger partial charge in [0.1, 0.15) is 0 Å². The van der Waals surface area contributed by atoms with Gasteiger partial charge in [0.2, 0.25) is 5.91 Å². The highest BCUT2D eigenvalue weighted by molar-refractivity contribution is 5.85. The Morgan fingerprint density at radius 2 is 1.94 bits per heavy atom. The minimum atomic E-state index is -0.161. The van der Waals surface area contributed by atoms with E-state index in [1.807, 2.05) is 31.2 Å². The molecular weight excluding hydrogens is 249 g/mol. The molecule has 4 nitrogen and oxygen atoms in total. The van der Waals surface area contributed by atoms with Crippen LogP contribution in [0.15, 0.2) is 24.3 Å². The Hall–Kier alpha value is -0.970. The van der Waals surface area contributed by atoms with Crippen molar-refractivity contribution in [2.24, 2.45) is 5.84 Å². The van der Waals surface area contributed by atoms with Crippen LogP contribution in [-0.2, 0) is 4.79 Å². The number of hydrogen-bond donors (Lipinski definition) is 3. The third-order valence-electron chi connectivity index (χ3n) is 1.97. The van der Waals surface area contributed by atoms with Crippen molar-refractivity contribution < 1.29 is 4.79 Å². The fraction of sp³-hybridized carbons (Fsp3) is 0.300. The van der Waals surface area contributed by atoms with Crippen LogP contribution in [0.5, 0.6) is 0 Å². The first-order chi connectivity index (χ1) is 6.74. The van der Waals surface area contributed by atoms with E-state index in [0.717, 1.165) is 5.69 Å². The molecule has 0 spiro atoms. The van der Waals surface area contributed by atoms with Gasteiger partial charge in [-0.2, -0.15) is 0 Å². The number of hydrazine groups is 1. The van der Waals surface area contributed by atoms with Crippen LogP contribution in [0.1, 0.15) is 12.0 Å². The van der Waals surface area contributed by atoms with E-state index in [1.54, 1.807) is 0 Å². The van der Waals surface area contributed by atoms with Crippen LogP contribution in [0.4, 0.5) is 5.69 Å². The second-order valence-corrected chi connectivity index (χ2v) is 3.06. The number of nitrogens with one attached hydrogen (secondary N) is 2. The van der Waals surface area contributed by atoms with Crippen LogP contribution in [0.2, 0.25) is 0 Å². The van der Waals surface area contributed by atoms with Crippen LogP contribution in [0.3, 0.4) is 0 Å². The average molecular weight is 266 g/mol. The number of nitrogens with two attached hydrogens (primary N) is 1. The molecule has 1 amide bonds. The predicted molar refractivity (Wildman–Crippen MR) is 71.1 cm³/mol. The first-order valence-corrected chi connectivity index (χ1v) is 4.53. The van der Waals surface area contributed by atoms with Gasteiger partial charge in [0.25, 0.3) is 0 Å². The van der Waals surface area contributed by atoms with Crippen LogP contribution in [0.25, 0.3) is 0 Å². The summed E-state index contributed by atoms with van der Waals surface area (Å²) in [5.41, 5.74) is 4.31. The first kappa shape index (κ1) is 17.4. The van der Waals surface area contributed by atoms with Crippen LogP contribution < -0.4 is 16.6 Å². The van der Waals surface area contributed by atoms with E-state index in [9.17, 15) is 4.79 Å². The second-order valence-electron chi connectivity index (χ2n) is 3.06. The van der Waals surface area contributed by atoms with Crippen molar-refractivity contribution in [1.29, 1.82) is 0 Å². The van der Waals surface area contributed by atoms with Gasteiger partial charge in [-0.15, -0.1) is 24.8 Å². The smallest absolute Gasteiger partial charge is 0.235 e. The monoisotopic (exact) mass is 265 g/mol. The zero-order chi connectivity index (χ0) is 10.4. The van der Waals surface area contributed by atoms with Gasteiger partial charge < -0.3 is 5.32 Å². The molecular formula is C10H17Cl2N3O. The molecule has 1 rings (SSSR count). The number of para-hydroxylation sites is 1. The molecule has 0 atom stereocenters. The highest BCUT2D eigenvalue weighted by Crippen LogP contribution is 2.12. The number of aryl methyl sites for hydroxylation is 1. The molecule has 0 aliphatic rings. The van der Waals surface area contributed by atoms with Crippen molar-refractivity contribution in [3.8, 4) is 0 Å². The van der Waals surface area contributed by atoms with E-state index < -0.39 is 0 Å². The molecule has 6 heteroatoms. The molecule has 0 saturated heterocycles. The molecule has 92 valence electrons. The van der Waals surface area contributed by atoms with E-state index in [0.29, 0.717) is 13.0 Å². The number of anilines is 1. The van der Waals surface area contributed by atoms with E-state index in [-0.39, 0.29) is 30.7 Å². The summed E-state index contributed by atoms with van der Waals surface area (Å²) in [5.74, 6) is 4.79. The normalized spacial score (nSPS) is 8.38. The third-order valence-corrected chi connectivity index (χ3v) is 1.97. The molecule has 0 aliphatic carbocycles. The number of carbonyl (C=O) groups is 1. The number of benzene rings is 1. The van der Waals surface area contributed by atoms with E-state index in [4.69, 9.17) is 5.84 Å². The fourth-order valence-corrected chi connectivity index (χ4v) is 1.15. The lowest BCUT2D eigenvalue weighted by atomic mass is 10.2. The number of halogens is 2. The zero-order valence-electron chi connectivity index (χ0n) is 9.03. The lowest BCUT2D eigenvalue weighted by molar-refractivity contribution is -0.120. The average Bonchev–Trinajstić information content (AvgIpc) is 2.20. The Morgan fingerprint density at radius 3 is 2.50 bits per heavy atom. The Balaban J connectivity index is 0. The summed E-state index contributed by atoms with van der Waals surface area (Å²) in [4.78, 5) is 10.8. The van der Waals surface area contributed by atoms with Crippen LogP contribution >= 0.6 is 24.8 Å². The molecule has 0 fully saturated rings. The fourth-order valence-electron chi connectivity index (χ4n) is 1.15. The SMILES string of the molecule is Cc1ccccc1NCCC(=O)NN.Cl.Cl. The summed E-state index contributed by atoms with van der Waals surface area (Å²) in [6.07, 6.45) is 0.380. The van der Waals surface area contributed by atoms with Gasteiger partial charge in [0.05, 0.1) is 0 Å². The van der Waals surface area contributed by atoms with Crippen molar-refractivity contribution in [2.75, 3.05) is 11.9 Å². The van der Waals surface area contributed by atoms with Gasteiger partial charge in [0.15, 0.2) is 0 Å². The molecule has 1 aromatic carbocycles. The minimum Gasteiger partial charge on any atom is -0.384 e. The molecule has 0 bridgehead atoms. The highest BCUT2D eigenvalue weighted by Gasteiger charge is 1.98. The maximum absolute atomic E-state index is 10.8. The lowest BCUT2D eigenvalue weighted by Gasteiger charge is -2.08. The van der Waals surface area contributed by atoms with Crippen molar-refractivity contribution in [3.05, 3.63) is 29.8 Å². The van der Waals surface area contributed by atoms with Crippen molar-refractivity contribution >= 4 is 36.4 Å². The Labute approximate surface area is 108 Å². The maximum Gasteiger partial charge on any atom is 0.235 e. The molecule has 0 aliphatic heterocycles. The predicted octanol–water partition coefficient (Wildman–Crippen LogP) is 1.63. The Bertz CT molecular complexity index is 321. The second kappa shape index (κ2) is 9.27. The number of carbonyl (C=O) groups excluding carboxylic acids is 1. The van der Waals surface area contributed by atoms with Gasteiger partial charge in [-0.3, -0.25) is 10.2 Å². The van der Waals surface area contributed by atoms with Gasteiger partial charge in [-0.05, 0) is 18.6 Å². The number of amides is 1. The lowest BCUT2D eigenvalue weighted by Crippen LogP contribution is -2.31. The van der Waals surface area contributed by atoms with Gasteiger partial charge in [0, 0.05) is 18.7 Å². The molecule has 1 aromatic rings. The summed E-state index contributed by atoms with van der Waals surface area (Å²) in [7, 11) is 0. The summed E-state index contributed by atoms with van der Waals surface area (Å²) in [5, 5.41) is 3.16. The van der Waals surface area contributed by atoms with Gasteiger partial charge in [-0.25, -0.2) is 5.84 Å². The topological polar surface area (TPSA) is 67.2 Å². The van der Waals surface area contributed by atoms with Crippen molar-refractivity contribution in [3.63, 3.8) is 0 Å². The molecule has 0 aromatic heterocycles. The highest BCUT2D eigenvalue weighted by atomic mass is 35.5. The first-order valence-electron chi connectivity index (χ1n) is 4.53. The molecule has 0 heterocycles. The molecule has 0 unspecified atom stereocenters. The van der Waals surface area contributed by atoms with E-state index >= 15 is 0 Å². The van der Waals surface area contributed by atoms with Gasteiger partial charge in [-0.1, -0.05) is 18.2 Å². The van der Waals surface area contributed by atoms with Crippen LogP contribution in [-0.4, -0.2) is 12.5 Å². The summed E-state index contributed by atoms with van der Waals surface area (Å²) < 4.78 is 0. The molecule has 4 N–H and O–H groups in total. The maximum atomic E-state index is 10.8. The molecule has 0 radical (unpaired) electrons. The number of hydrogen-bond acceptors (Lipinski definition) is 3. The van der Waals surface area contributed by atoms with Crippen molar-refractivity contribution in [2.45, 2.75) is 13.3 Å². The standard InChI is InChI=1S/C10H15N3O.2ClH/c1-8-4-2-3-5-9(8)12-7-6-10(14)13-11;;/h2-5,12H,6-7,11H2,1H3,(H,13,14);2*1H. The number of rotatable bonds is 4. The molecule has 16 heavy (non-hydrogen) atoms. The zero-order valence-corrected chi connectivity index (χ0v) is 10.7. The van der Waals surface area contributed by atoms with E-state index in [1.165, 1.54) is 5.56 Å². The van der Waals surface area contributed by atoms with Crippen molar-refractivity contribution in [1.82, 2.24) is 5.43 Å². The minimum absolute atomic E-state index is 0. The van der Waals surface area contributed by atoms with E-state index in [2.05, 4.69) is 10.7 Å². The molecule has 0 saturated carbocycles. The Kier molecular flexibility index (Phi) is 10.1. The van der Waals surface area contributed by atoms with Gasteiger partial charge >= 0.3 is 0 Å². The third kappa shape index (κ3) is 5.80. The van der Waals surface area contributed by atoms with Crippen LogP contribution in [0, 0.1) is 6.92 Å².